The second-order valence-corrected chi connectivity index (χ2v) is 1.72. The van der Waals surface area contributed by atoms with Crippen molar-refractivity contribution in [3.05, 3.63) is 0 Å². The van der Waals surface area contributed by atoms with Crippen LogP contribution in [-0.4, -0.2) is 22.9 Å². The van der Waals surface area contributed by atoms with Crippen molar-refractivity contribution in [2.75, 3.05) is 13.1 Å². The van der Waals surface area contributed by atoms with Crippen molar-refractivity contribution < 1.29 is 14.4 Å². The van der Waals surface area contributed by atoms with Crippen LogP contribution in [0.1, 0.15) is 21.3 Å². The Morgan fingerprint density at radius 2 is 1.50 bits per heavy atom. The molecule has 0 aliphatic rings. The van der Waals surface area contributed by atoms with Crippen molar-refractivity contribution in [1.29, 1.82) is 0 Å². The summed E-state index contributed by atoms with van der Waals surface area (Å²) in [6.45, 7) is 6.39. The van der Waals surface area contributed by atoms with Gasteiger partial charge in [-0.25, -0.2) is 0 Å². The van der Waals surface area contributed by atoms with Crippen LogP contribution < -0.4 is 5.32 Å². The Morgan fingerprint density at radius 1 is 1.30 bits per heavy atom. The van der Waals surface area contributed by atoms with Crippen molar-refractivity contribution in [1.82, 2.24) is 5.32 Å². The smallest absolute Gasteiger partial charge is 0.317 e. The Labute approximate surface area is 63.2 Å². The zero-order chi connectivity index (χ0) is 7.70. The summed E-state index contributed by atoms with van der Waals surface area (Å²) in [5, 5.41) is 3.11. The normalized spacial score (nSPS) is 6.80. The van der Waals surface area contributed by atoms with Crippen molar-refractivity contribution in [3.63, 3.8) is 0 Å². The van der Waals surface area contributed by atoms with Gasteiger partial charge >= 0.3 is 8.25 Å². The molecule has 0 bridgehead atoms. The first-order valence-electron chi connectivity index (χ1n) is 2.70. The lowest BCUT2D eigenvalue weighted by Gasteiger charge is -1.86. The molecule has 4 nitrogen and oxygen atoms in total. The third-order valence-corrected chi connectivity index (χ3v) is 0.500. The van der Waals surface area contributed by atoms with E-state index in [4.69, 9.17) is 14.4 Å². The highest BCUT2D eigenvalue weighted by atomic mass is 31.1. The van der Waals surface area contributed by atoms with E-state index >= 15 is 0 Å². The van der Waals surface area contributed by atoms with Crippen molar-refractivity contribution >= 4 is 8.25 Å². The summed E-state index contributed by atoms with van der Waals surface area (Å²) < 4.78 is 8.70. The van der Waals surface area contributed by atoms with Gasteiger partial charge < -0.3 is 5.32 Å². The summed E-state index contributed by atoms with van der Waals surface area (Å²) in [7, 11) is -2.87. The Balaban J connectivity index is -0.0000000910. The lowest BCUT2D eigenvalue weighted by molar-refractivity contribution is 0.405. The molecule has 0 saturated heterocycles. The van der Waals surface area contributed by atoms with Crippen molar-refractivity contribution in [3.8, 4) is 0 Å². The van der Waals surface area contributed by atoms with Crippen LogP contribution in [0.3, 0.4) is 0 Å². The second kappa shape index (κ2) is 16.0. The van der Waals surface area contributed by atoms with E-state index in [9.17, 15) is 0 Å². The average molecular weight is 170 g/mol. The monoisotopic (exact) mass is 170 g/mol. The highest BCUT2D eigenvalue weighted by molar-refractivity contribution is 7.30. The minimum absolute atomic E-state index is 0. The molecule has 0 aliphatic carbocycles. The predicted molar refractivity (Wildman–Crippen MR) is 43.0 cm³/mol. The van der Waals surface area contributed by atoms with Crippen LogP contribution in [0, 0.1) is 0 Å². The van der Waals surface area contributed by atoms with Gasteiger partial charge in [0.05, 0.1) is 0 Å². The van der Waals surface area contributed by atoms with E-state index in [1.165, 1.54) is 0 Å². The van der Waals surface area contributed by atoms with Crippen LogP contribution in [0.25, 0.3) is 0 Å². The summed E-state index contributed by atoms with van der Waals surface area (Å²) >= 11 is 0. The molecule has 0 aliphatic heterocycles. The van der Waals surface area contributed by atoms with Crippen molar-refractivity contribution in [2.24, 2.45) is 0 Å². The van der Waals surface area contributed by atoms with E-state index in [0.29, 0.717) is 0 Å². The van der Waals surface area contributed by atoms with Gasteiger partial charge in [0.25, 0.3) is 0 Å². The van der Waals surface area contributed by atoms with E-state index in [-0.39, 0.29) is 7.43 Å². The first-order chi connectivity index (χ1) is 4.15. The fourth-order valence-corrected chi connectivity index (χ4v) is 0.250. The summed E-state index contributed by atoms with van der Waals surface area (Å²) in [5.41, 5.74) is 0. The molecular weight excluding hydrogens is 153 g/mol. The van der Waals surface area contributed by atoms with Gasteiger partial charge in [0.15, 0.2) is 0 Å². The minimum Gasteiger partial charge on any atom is -0.317 e. The molecular formula is C5H17NO3P+. The Kier molecular flexibility index (Phi) is 26.4. The van der Waals surface area contributed by atoms with Gasteiger partial charge in [0, 0.05) is 4.57 Å². The van der Waals surface area contributed by atoms with E-state index in [1.807, 2.05) is 0 Å². The molecule has 0 amide bonds. The summed E-state index contributed by atoms with van der Waals surface area (Å²) in [5.74, 6) is 0. The van der Waals surface area contributed by atoms with Crippen LogP contribution >= 0.6 is 8.25 Å². The van der Waals surface area contributed by atoms with Gasteiger partial charge in [0.1, 0.15) is 0 Å². The van der Waals surface area contributed by atoms with Gasteiger partial charge in [-0.05, 0) is 13.1 Å². The maximum absolute atomic E-state index is 8.70. The number of rotatable bonds is 2. The molecule has 3 N–H and O–H groups in total. The van der Waals surface area contributed by atoms with Crippen LogP contribution in [0.2, 0.25) is 0 Å². The quantitative estimate of drug-likeness (QED) is 0.538. The Hall–Kier alpha value is -0.0200. The van der Waals surface area contributed by atoms with E-state index in [2.05, 4.69) is 19.2 Å². The first-order valence-corrected chi connectivity index (χ1v) is 3.87. The largest absolute Gasteiger partial charge is 0.692 e. The standard InChI is InChI=1S/C4H11N.CH4.HO3P/c1-3-5-4-2;;1-4(2)3/h5H,3-4H2,1-2H3;1H4;(H-,1,2,3)/p+1. The highest BCUT2D eigenvalue weighted by Crippen LogP contribution is 1.98. The fraction of sp³-hybridized carbons (Fsp3) is 1.00. The topological polar surface area (TPSA) is 69.6 Å². The molecule has 0 rings (SSSR count). The average Bonchev–Trinajstić information content (AvgIpc) is 1.66. The molecule has 0 aromatic carbocycles. The fourth-order valence-electron chi connectivity index (χ4n) is 0.250. The molecule has 0 radical (unpaired) electrons. The molecule has 0 heterocycles. The molecule has 0 saturated carbocycles. The zero-order valence-electron chi connectivity index (χ0n) is 5.66. The van der Waals surface area contributed by atoms with Crippen molar-refractivity contribution in [2.45, 2.75) is 21.3 Å². The molecule has 0 atom stereocenters. The highest BCUT2D eigenvalue weighted by Gasteiger charge is 1.93. The zero-order valence-corrected chi connectivity index (χ0v) is 6.56. The molecule has 0 fully saturated rings. The van der Waals surface area contributed by atoms with Gasteiger partial charge in [-0.15, -0.1) is 9.79 Å². The second-order valence-electron chi connectivity index (χ2n) is 1.21. The van der Waals surface area contributed by atoms with E-state index < -0.39 is 8.25 Å². The minimum atomic E-state index is -2.87. The number of hydrogen-bond donors (Lipinski definition) is 3. The third kappa shape index (κ3) is 99.2. The molecule has 0 unspecified atom stereocenters. The molecule has 0 spiro atoms. The van der Waals surface area contributed by atoms with Gasteiger partial charge in [-0.2, -0.15) is 0 Å². The molecule has 64 valence electrons. The van der Waals surface area contributed by atoms with E-state index in [0.717, 1.165) is 13.1 Å². The van der Waals surface area contributed by atoms with Crippen LogP contribution in [0.4, 0.5) is 0 Å². The first kappa shape index (κ1) is 16.5. The van der Waals surface area contributed by atoms with Crippen LogP contribution in [-0.2, 0) is 4.57 Å². The maximum Gasteiger partial charge on any atom is 0.692 e. The molecule has 0 aromatic rings. The summed E-state index contributed by atoms with van der Waals surface area (Å²) in [6, 6.07) is 0. The van der Waals surface area contributed by atoms with Gasteiger partial charge in [-0.3, -0.25) is 0 Å². The maximum atomic E-state index is 8.70. The Bertz CT molecular complexity index is 63.9. The Morgan fingerprint density at radius 3 is 1.50 bits per heavy atom. The number of hydrogen-bond acceptors (Lipinski definition) is 2. The van der Waals surface area contributed by atoms with Crippen LogP contribution in [0.15, 0.2) is 0 Å². The summed E-state index contributed by atoms with van der Waals surface area (Å²) in [4.78, 5) is 14.2. The molecule has 10 heavy (non-hydrogen) atoms. The van der Waals surface area contributed by atoms with E-state index in [1.54, 1.807) is 0 Å². The molecule has 0 aromatic heterocycles. The summed E-state index contributed by atoms with van der Waals surface area (Å²) in [6.07, 6.45) is 0. The van der Waals surface area contributed by atoms with Gasteiger partial charge in [-0.1, -0.05) is 21.3 Å². The van der Waals surface area contributed by atoms with Gasteiger partial charge in [0.2, 0.25) is 0 Å². The number of nitrogens with one attached hydrogen (secondary N) is 1. The third-order valence-electron chi connectivity index (χ3n) is 0.500. The predicted octanol–water partition coefficient (Wildman–Crippen LogP) is 0.880. The lowest BCUT2D eigenvalue weighted by atomic mass is 10.7. The van der Waals surface area contributed by atoms with Crippen LogP contribution in [0.5, 0.6) is 0 Å². The SMILES string of the molecule is C.CCNCC.O=[P+](O)O. The molecule has 5 heteroatoms. The lowest BCUT2D eigenvalue weighted by Crippen LogP contribution is -2.09.